The van der Waals surface area contributed by atoms with Gasteiger partial charge in [0, 0.05) is 31.0 Å². The number of benzene rings is 1. The summed E-state index contributed by atoms with van der Waals surface area (Å²) in [5.41, 5.74) is 6.62. The molecule has 4 nitrogen and oxygen atoms in total. The molecule has 2 aliphatic rings. The maximum atomic E-state index is 4.55. The van der Waals surface area contributed by atoms with Crippen LogP contribution in [-0.4, -0.2) is 22.4 Å². The van der Waals surface area contributed by atoms with Gasteiger partial charge in [-0.15, -0.1) is 12.4 Å². The van der Waals surface area contributed by atoms with Crippen LogP contribution < -0.4 is 10.2 Å². The number of anilines is 2. The number of aryl methyl sites for hydroxylation is 2. The normalized spacial score (nSPS) is 19.2. The highest BCUT2D eigenvalue weighted by Crippen LogP contribution is 2.41. The Balaban J connectivity index is 0.00000196. The van der Waals surface area contributed by atoms with Gasteiger partial charge in [-0.05, 0) is 69.3 Å². The monoisotopic (exact) mass is 374 g/mol. The molecule has 1 aromatic heterocycles. The maximum Gasteiger partial charge on any atom is 0.0830 e. The Morgan fingerprint density at radius 3 is 2.69 bits per heavy atom. The Bertz CT molecular complexity index is 763. The Hall–Kier alpha value is -1.52. The first kappa shape index (κ1) is 19.2. The number of nitrogens with zero attached hydrogens (tertiary/aromatic N) is 3. The van der Waals surface area contributed by atoms with Gasteiger partial charge in [0.25, 0.3) is 0 Å². The zero-order chi connectivity index (χ0) is 17.6. The van der Waals surface area contributed by atoms with Crippen molar-refractivity contribution in [2.45, 2.75) is 58.5 Å². The molecular formula is C21H31ClN4. The van der Waals surface area contributed by atoms with E-state index in [2.05, 4.69) is 60.5 Å². The molecule has 1 saturated carbocycles. The SMILES string of the molecule is Cc1nn(C)cc1N(c1ccc2c(c1)C(CC1CC1)NCC2)C(C)C.Cl. The van der Waals surface area contributed by atoms with E-state index in [0.717, 1.165) is 24.6 Å². The lowest BCUT2D eigenvalue weighted by Gasteiger charge is -2.32. The second-order valence-corrected chi connectivity index (χ2v) is 8.06. The highest BCUT2D eigenvalue weighted by Gasteiger charge is 2.29. The molecule has 1 N–H and O–H groups in total. The summed E-state index contributed by atoms with van der Waals surface area (Å²) in [6.45, 7) is 7.72. The summed E-state index contributed by atoms with van der Waals surface area (Å²) in [5, 5.41) is 8.31. The lowest BCUT2D eigenvalue weighted by atomic mass is 9.90. The molecule has 5 heteroatoms. The van der Waals surface area contributed by atoms with Crippen molar-refractivity contribution in [2.75, 3.05) is 11.4 Å². The Morgan fingerprint density at radius 2 is 2.08 bits per heavy atom. The molecule has 142 valence electrons. The van der Waals surface area contributed by atoms with Crippen molar-refractivity contribution in [2.24, 2.45) is 13.0 Å². The van der Waals surface area contributed by atoms with E-state index in [-0.39, 0.29) is 12.4 Å². The average molecular weight is 375 g/mol. The lowest BCUT2D eigenvalue weighted by molar-refractivity contribution is 0.453. The molecule has 0 spiro atoms. The Labute approximate surface area is 163 Å². The third kappa shape index (κ3) is 3.77. The minimum Gasteiger partial charge on any atom is -0.336 e. The number of nitrogens with one attached hydrogen (secondary N) is 1. The standard InChI is InChI=1S/C21H30N4.ClH/c1-14(2)25(21-13-24(4)23-15(21)3)18-8-7-17-9-10-22-20(19(17)12-18)11-16-5-6-16;/h7-8,12-14,16,20,22H,5-6,9-11H2,1-4H3;1H. The van der Waals surface area contributed by atoms with Gasteiger partial charge in [-0.3, -0.25) is 4.68 Å². The number of hydrogen-bond acceptors (Lipinski definition) is 3. The van der Waals surface area contributed by atoms with Gasteiger partial charge in [0.15, 0.2) is 0 Å². The summed E-state index contributed by atoms with van der Waals surface area (Å²) in [6.07, 6.45) is 7.41. The van der Waals surface area contributed by atoms with Crippen LogP contribution in [0, 0.1) is 12.8 Å². The van der Waals surface area contributed by atoms with Crippen molar-refractivity contribution in [1.82, 2.24) is 15.1 Å². The first-order valence-electron chi connectivity index (χ1n) is 9.68. The van der Waals surface area contributed by atoms with E-state index in [9.17, 15) is 0 Å². The third-order valence-electron chi connectivity index (χ3n) is 5.60. The van der Waals surface area contributed by atoms with Crippen LogP contribution in [0.1, 0.15) is 56.0 Å². The van der Waals surface area contributed by atoms with E-state index >= 15 is 0 Å². The highest BCUT2D eigenvalue weighted by atomic mass is 35.5. The van der Waals surface area contributed by atoms with Gasteiger partial charge in [0.1, 0.15) is 0 Å². The lowest BCUT2D eigenvalue weighted by Crippen LogP contribution is -2.31. The van der Waals surface area contributed by atoms with Crippen molar-refractivity contribution < 1.29 is 0 Å². The van der Waals surface area contributed by atoms with E-state index in [1.807, 2.05) is 11.7 Å². The zero-order valence-corrected chi connectivity index (χ0v) is 17.1. The van der Waals surface area contributed by atoms with Gasteiger partial charge in [-0.2, -0.15) is 5.10 Å². The molecule has 0 saturated heterocycles. The fourth-order valence-electron chi connectivity index (χ4n) is 4.21. The molecule has 2 aromatic rings. The predicted octanol–water partition coefficient (Wildman–Crippen LogP) is 4.68. The van der Waals surface area contributed by atoms with Crippen LogP contribution in [-0.2, 0) is 13.5 Å². The third-order valence-corrected chi connectivity index (χ3v) is 5.60. The first-order chi connectivity index (χ1) is 12.0. The fraction of sp³-hybridized carbons (Fsp3) is 0.571. The second-order valence-electron chi connectivity index (χ2n) is 8.06. The van der Waals surface area contributed by atoms with Crippen LogP contribution in [0.2, 0.25) is 0 Å². The molecule has 0 amide bonds. The summed E-state index contributed by atoms with van der Waals surface area (Å²) in [4.78, 5) is 2.42. The van der Waals surface area contributed by atoms with Gasteiger partial charge in [-0.1, -0.05) is 18.9 Å². The minimum absolute atomic E-state index is 0. The highest BCUT2D eigenvalue weighted by molar-refractivity contribution is 5.85. The number of rotatable bonds is 5. The molecule has 26 heavy (non-hydrogen) atoms. The number of hydrogen-bond donors (Lipinski definition) is 1. The van der Waals surface area contributed by atoms with Crippen LogP contribution in [0.25, 0.3) is 0 Å². The van der Waals surface area contributed by atoms with Crippen molar-refractivity contribution in [3.05, 3.63) is 41.2 Å². The zero-order valence-electron chi connectivity index (χ0n) is 16.3. The summed E-state index contributed by atoms with van der Waals surface area (Å²) in [7, 11) is 2.00. The van der Waals surface area contributed by atoms with Gasteiger partial charge < -0.3 is 10.2 Å². The molecular weight excluding hydrogens is 344 g/mol. The topological polar surface area (TPSA) is 33.1 Å². The average Bonchev–Trinajstić information content (AvgIpc) is 3.32. The summed E-state index contributed by atoms with van der Waals surface area (Å²) in [5.74, 6) is 0.939. The number of fused-ring (bicyclic) bond motifs is 1. The summed E-state index contributed by atoms with van der Waals surface area (Å²) < 4.78 is 1.91. The second kappa shape index (κ2) is 7.61. The van der Waals surface area contributed by atoms with Crippen LogP contribution in [0.4, 0.5) is 11.4 Å². The number of halogens is 1. The van der Waals surface area contributed by atoms with Crippen LogP contribution in [0.15, 0.2) is 24.4 Å². The molecule has 0 bridgehead atoms. The molecule has 1 atom stereocenters. The smallest absolute Gasteiger partial charge is 0.0830 e. The Morgan fingerprint density at radius 1 is 1.31 bits per heavy atom. The van der Waals surface area contributed by atoms with Gasteiger partial charge in [0.2, 0.25) is 0 Å². The van der Waals surface area contributed by atoms with E-state index in [1.165, 1.54) is 41.8 Å². The Kier molecular flexibility index (Phi) is 5.64. The number of aromatic nitrogens is 2. The van der Waals surface area contributed by atoms with E-state index in [0.29, 0.717) is 12.1 Å². The molecule has 1 aliphatic heterocycles. The van der Waals surface area contributed by atoms with Crippen molar-refractivity contribution in [3.8, 4) is 0 Å². The quantitative estimate of drug-likeness (QED) is 0.824. The molecule has 1 unspecified atom stereocenters. The summed E-state index contributed by atoms with van der Waals surface area (Å²) in [6, 6.07) is 8.00. The van der Waals surface area contributed by atoms with Crippen LogP contribution in [0.3, 0.4) is 0 Å². The van der Waals surface area contributed by atoms with Crippen LogP contribution >= 0.6 is 12.4 Å². The summed E-state index contributed by atoms with van der Waals surface area (Å²) >= 11 is 0. The van der Waals surface area contributed by atoms with E-state index in [4.69, 9.17) is 0 Å². The van der Waals surface area contributed by atoms with Gasteiger partial charge >= 0.3 is 0 Å². The molecule has 2 heterocycles. The molecule has 1 aliphatic carbocycles. The van der Waals surface area contributed by atoms with Crippen molar-refractivity contribution >= 4 is 23.8 Å². The maximum absolute atomic E-state index is 4.55. The molecule has 0 radical (unpaired) electrons. The fourth-order valence-corrected chi connectivity index (χ4v) is 4.21. The largest absolute Gasteiger partial charge is 0.336 e. The molecule has 1 fully saturated rings. The molecule has 4 rings (SSSR count). The van der Waals surface area contributed by atoms with E-state index < -0.39 is 0 Å². The van der Waals surface area contributed by atoms with Crippen molar-refractivity contribution in [1.29, 1.82) is 0 Å². The van der Waals surface area contributed by atoms with Gasteiger partial charge in [0.05, 0.1) is 11.4 Å². The molecule has 1 aromatic carbocycles. The van der Waals surface area contributed by atoms with E-state index in [1.54, 1.807) is 0 Å². The first-order valence-corrected chi connectivity index (χ1v) is 9.68. The van der Waals surface area contributed by atoms with Crippen LogP contribution in [0.5, 0.6) is 0 Å². The van der Waals surface area contributed by atoms with Crippen molar-refractivity contribution in [3.63, 3.8) is 0 Å². The van der Waals surface area contributed by atoms with Gasteiger partial charge in [-0.25, -0.2) is 0 Å². The predicted molar refractivity (Wildman–Crippen MR) is 111 cm³/mol. The minimum atomic E-state index is 0.